The molecule has 0 unspecified atom stereocenters. The van der Waals surface area contributed by atoms with Crippen LogP contribution in [-0.2, 0) is 27.5 Å². The lowest BCUT2D eigenvalue weighted by molar-refractivity contribution is -0.140. The van der Waals surface area contributed by atoms with Crippen molar-refractivity contribution in [1.82, 2.24) is 5.32 Å². The molecule has 0 aromatic heterocycles. The van der Waals surface area contributed by atoms with Crippen molar-refractivity contribution in [3.63, 3.8) is 0 Å². The average Bonchev–Trinajstić information content (AvgIpc) is 2.91. The second kappa shape index (κ2) is 10.6. The zero-order valence-corrected chi connectivity index (χ0v) is 20.3. The van der Waals surface area contributed by atoms with Crippen LogP contribution < -0.4 is 10.1 Å². The molecule has 1 N–H and O–H groups in total. The molecule has 0 fully saturated rings. The molecular weight excluding hydrogens is 450 g/mol. The predicted octanol–water partition coefficient (Wildman–Crippen LogP) is 5.98. The largest absolute Gasteiger partial charge is 0.489 e. The molecule has 36 heavy (non-hydrogen) atoms. The Morgan fingerprint density at radius 3 is 2.31 bits per heavy atom. The maximum absolute atomic E-state index is 13.5. The standard InChI is InChI=1S/C31H29NO4/c1-21-28(31(34)36-20-23-12-6-3-7-13-23)29(30-26(32-21)16-9-17-27(30)33)24-14-8-15-25(18-24)35-19-22-10-4-2-5-11-22/h2-8,10-15,18,29,32H,9,16-17,19-20H2,1H3/t29-/m0/s1. The monoisotopic (exact) mass is 479 g/mol. The molecule has 182 valence electrons. The van der Waals surface area contributed by atoms with Gasteiger partial charge in [-0.1, -0.05) is 72.8 Å². The van der Waals surface area contributed by atoms with Crippen LogP contribution in [0, 0.1) is 0 Å². The highest BCUT2D eigenvalue weighted by molar-refractivity contribution is 6.03. The molecule has 0 radical (unpaired) electrons. The number of carbonyl (C=O) groups excluding carboxylic acids is 2. The Labute approximate surface area is 211 Å². The number of esters is 1. The summed E-state index contributed by atoms with van der Waals surface area (Å²) in [6, 6.07) is 27.3. The Morgan fingerprint density at radius 2 is 1.58 bits per heavy atom. The van der Waals surface area contributed by atoms with Gasteiger partial charge in [-0.3, -0.25) is 4.79 Å². The van der Waals surface area contributed by atoms with E-state index in [2.05, 4.69) is 5.32 Å². The molecule has 5 nitrogen and oxygen atoms in total. The maximum Gasteiger partial charge on any atom is 0.337 e. The van der Waals surface area contributed by atoms with E-state index in [-0.39, 0.29) is 12.4 Å². The molecule has 5 heteroatoms. The fourth-order valence-corrected chi connectivity index (χ4v) is 4.91. The number of hydrogen-bond donors (Lipinski definition) is 1. The Morgan fingerprint density at radius 1 is 0.889 bits per heavy atom. The number of benzene rings is 3. The fourth-order valence-electron chi connectivity index (χ4n) is 4.91. The van der Waals surface area contributed by atoms with Crippen molar-refractivity contribution in [3.8, 4) is 5.75 Å². The quantitative estimate of drug-likeness (QED) is 0.423. The van der Waals surface area contributed by atoms with Gasteiger partial charge in [0.2, 0.25) is 0 Å². The third-order valence-electron chi connectivity index (χ3n) is 6.65. The van der Waals surface area contributed by atoms with Gasteiger partial charge in [0.05, 0.1) is 5.57 Å². The third kappa shape index (κ3) is 5.10. The molecular formula is C31H29NO4. The van der Waals surface area contributed by atoms with Gasteiger partial charge in [0.15, 0.2) is 5.78 Å². The van der Waals surface area contributed by atoms with Gasteiger partial charge in [-0.2, -0.15) is 0 Å². The highest BCUT2D eigenvalue weighted by Gasteiger charge is 2.39. The summed E-state index contributed by atoms with van der Waals surface area (Å²) in [4.78, 5) is 26.6. The number of rotatable bonds is 7. The molecule has 1 atom stereocenters. The van der Waals surface area contributed by atoms with Gasteiger partial charge in [0.25, 0.3) is 0 Å². The second-order valence-corrected chi connectivity index (χ2v) is 9.17. The molecule has 5 rings (SSSR count). The van der Waals surface area contributed by atoms with E-state index in [1.807, 2.05) is 91.9 Å². The van der Waals surface area contributed by atoms with E-state index in [4.69, 9.17) is 9.47 Å². The van der Waals surface area contributed by atoms with E-state index < -0.39 is 11.9 Å². The van der Waals surface area contributed by atoms with Gasteiger partial charge in [-0.15, -0.1) is 0 Å². The van der Waals surface area contributed by atoms with E-state index in [0.717, 1.165) is 40.9 Å². The highest BCUT2D eigenvalue weighted by atomic mass is 16.5. The predicted molar refractivity (Wildman–Crippen MR) is 138 cm³/mol. The summed E-state index contributed by atoms with van der Waals surface area (Å²) < 4.78 is 11.8. The molecule has 0 bridgehead atoms. The van der Waals surface area contributed by atoms with Crippen LogP contribution in [0.2, 0.25) is 0 Å². The Kier molecular flexibility index (Phi) is 6.99. The fraction of sp³-hybridized carbons (Fsp3) is 0.226. The van der Waals surface area contributed by atoms with E-state index in [1.165, 1.54) is 0 Å². The molecule has 1 aliphatic heterocycles. The van der Waals surface area contributed by atoms with Gasteiger partial charge < -0.3 is 14.8 Å². The summed E-state index contributed by atoms with van der Waals surface area (Å²) in [6.45, 7) is 2.48. The summed E-state index contributed by atoms with van der Waals surface area (Å²) in [5.41, 5.74) is 5.59. The number of allylic oxidation sites excluding steroid dienone is 3. The molecule has 0 spiro atoms. The van der Waals surface area contributed by atoms with Gasteiger partial charge in [0.1, 0.15) is 19.0 Å². The summed E-state index contributed by atoms with van der Waals surface area (Å²) in [6.07, 6.45) is 2.07. The van der Waals surface area contributed by atoms with Crippen molar-refractivity contribution in [3.05, 3.63) is 124 Å². The van der Waals surface area contributed by atoms with Gasteiger partial charge in [0, 0.05) is 29.3 Å². The number of hydrogen-bond acceptors (Lipinski definition) is 5. The normalized spacial score (nSPS) is 17.4. The van der Waals surface area contributed by atoms with Crippen LogP contribution in [0.1, 0.15) is 48.8 Å². The molecule has 3 aromatic rings. The van der Waals surface area contributed by atoms with Crippen LogP contribution in [0.25, 0.3) is 0 Å². The van der Waals surface area contributed by atoms with E-state index in [9.17, 15) is 9.59 Å². The summed E-state index contributed by atoms with van der Waals surface area (Å²) in [7, 11) is 0. The van der Waals surface area contributed by atoms with Crippen LogP contribution in [0.5, 0.6) is 5.75 Å². The number of ketones is 1. The van der Waals surface area contributed by atoms with Gasteiger partial charge in [-0.05, 0) is 48.6 Å². The Hall–Kier alpha value is -4.12. The summed E-state index contributed by atoms with van der Waals surface area (Å²) in [5.74, 6) is -0.160. The minimum atomic E-state index is -0.502. The van der Waals surface area contributed by atoms with Crippen molar-refractivity contribution in [2.75, 3.05) is 0 Å². The smallest absolute Gasteiger partial charge is 0.337 e. The summed E-state index contributed by atoms with van der Waals surface area (Å²) >= 11 is 0. The van der Waals surface area contributed by atoms with Crippen molar-refractivity contribution < 1.29 is 19.1 Å². The summed E-state index contributed by atoms with van der Waals surface area (Å²) in [5, 5.41) is 3.35. The zero-order chi connectivity index (χ0) is 24.9. The maximum atomic E-state index is 13.5. The zero-order valence-electron chi connectivity index (χ0n) is 20.3. The van der Waals surface area contributed by atoms with E-state index in [0.29, 0.717) is 29.9 Å². The number of nitrogens with one attached hydrogen (secondary N) is 1. The molecule has 1 aliphatic carbocycles. The first-order valence-electron chi connectivity index (χ1n) is 12.3. The minimum Gasteiger partial charge on any atom is -0.489 e. The molecule has 2 aliphatic rings. The number of Topliss-reactive ketones (excluding diaryl/α,β-unsaturated/α-hetero) is 1. The van der Waals surface area contributed by atoms with Gasteiger partial charge >= 0.3 is 5.97 Å². The van der Waals surface area contributed by atoms with Crippen molar-refractivity contribution >= 4 is 11.8 Å². The number of dihydropyridines is 1. The highest BCUT2D eigenvalue weighted by Crippen LogP contribution is 2.43. The van der Waals surface area contributed by atoms with Crippen LogP contribution in [0.4, 0.5) is 0 Å². The van der Waals surface area contributed by atoms with Crippen LogP contribution in [0.3, 0.4) is 0 Å². The van der Waals surface area contributed by atoms with Crippen molar-refractivity contribution in [2.24, 2.45) is 0 Å². The van der Waals surface area contributed by atoms with Crippen LogP contribution in [-0.4, -0.2) is 11.8 Å². The first-order valence-corrected chi connectivity index (χ1v) is 12.3. The lowest BCUT2D eigenvalue weighted by atomic mass is 9.75. The first kappa shape index (κ1) is 23.6. The lowest BCUT2D eigenvalue weighted by Crippen LogP contribution is -2.34. The van der Waals surface area contributed by atoms with Crippen molar-refractivity contribution in [2.45, 2.75) is 45.3 Å². The minimum absolute atomic E-state index is 0.0743. The molecule has 0 saturated heterocycles. The number of carbonyl (C=O) groups is 2. The third-order valence-corrected chi connectivity index (χ3v) is 6.65. The van der Waals surface area contributed by atoms with Crippen molar-refractivity contribution in [1.29, 1.82) is 0 Å². The first-order chi connectivity index (χ1) is 17.6. The Bertz CT molecular complexity index is 1320. The average molecular weight is 480 g/mol. The number of ether oxygens (including phenoxy) is 2. The van der Waals surface area contributed by atoms with E-state index >= 15 is 0 Å². The van der Waals surface area contributed by atoms with Crippen LogP contribution in [0.15, 0.2) is 107 Å². The van der Waals surface area contributed by atoms with Crippen LogP contribution >= 0.6 is 0 Å². The molecule has 0 saturated carbocycles. The van der Waals surface area contributed by atoms with Gasteiger partial charge in [-0.25, -0.2) is 4.79 Å². The second-order valence-electron chi connectivity index (χ2n) is 9.17. The SMILES string of the molecule is CC1=C(C(=O)OCc2ccccc2)[C@H](c2cccc(OCc3ccccc3)c2)C2=C(CCCC2=O)N1. The Balaban J connectivity index is 1.46. The molecule has 1 heterocycles. The molecule has 0 amide bonds. The van der Waals surface area contributed by atoms with E-state index in [1.54, 1.807) is 0 Å². The lowest BCUT2D eigenvalue weighted by Gasteiger charge is -2.34. The molecule has 3 aromatic carbocycles. The topological polar surface area (TPSA) is 64.6 Å².